The number of hydrogen-bond donors (Lipinski definition) is 1. The Morgan fingerprint density at radius 3 is 2.54 bits per heavy atom. The highest BCUT2D eigenvalue weighted by Crippen LogP contribution is 2.30. The highest BCUT2D eigenvalue weighted by atomic mass is 16.4. The summed E-state index contributed by atoms with van der Waals surface area (Å²) in [6.07, 6.45) is 0.598. The number of imide groups is 1. The molecule has 1 spiro atoms. The number of nitrogens with one attached hydrogen (secondary N) is 1. The first-order valence-corrected chi connectivity index (χ1v) is 8.33. The van der Waals surface area contributed by atoms with Crippen molar-refractivity contribution in [1.29, 1.82) is 0 Å². The summed E-state index contributed by atoms with van der Waals surface area (Å²) in [7, 11) is 0. The van der Waals surface area contributed by atoms with E-state index in [1.54, 1.807) is 0 Å². The largest absolute Gasteiger partial charge is 0.423 e. The molecule has 2 aliphatic rings. The second kappa shape index (κ2) is 5.54. The van der Waals surface area contributed by atoms with Crippen LogP contribution in [0.1, 0.15) is 52.8 Å². The first-order chi connectivity index (χ1) is 11.1. The van der Waals surface area contributed by atoms with Crippen molar-refractivity contribution in [3.8, 4) is 0 Å². The quantitative estimate of drug-likeness (QED) is 0.837. The number of urea groups is 1. The molecule has 8 heteroatoms. The molecule has 0 bridgehead atoms. The Balaban J connectivity index is 1.69. The Kier molecular flexibility index (Phi) is 3.90. The predicted octanol–water partition coefficient (Wildman–Crippen LogP) is 1.27. The van der Waals surface area contributed by atoms with Crippen LogP contribution in [0.25, 0.3) is 0 Å². The lowest BCUT2D eigenvalue weighted by Crippen LogP contribution is -2.49. The molecular formula is C16H25N5O3. The van der Waals surface area contributed by atoms with Crippen LogP contribution in [0.5, 0.6) is 0 Å². The Hall–Kier alpha value is -1.96. The van der Waals surface area contributed by atoms with E-state index in [4.69, 9.17) is 4.42 Å². The lowest BCUT2D eigenvalue weighted by Gasteiger charge is -2.22. The third-order valence-electron chi connectivity index (χ3n) is 4.53. The zero-order chi connectivity index (χ0) is 17.7. The van der Waals surface area contributed by atoms with Crippen LogP contribution in [0.15, 0.2) is 4.42 Å². The Bertz CT molecular complexity index is 663. The van der Waals surface area contributed by atoms with Gasteiger partial charge in [-0.3, -0.25) is 14.6 Å². The smallest absolute Gasteiger partial charge is 0.325 e. The van der Waals surface area contributed by atoms with Crippen LogP contribution in [0, 0.1) is 0 Å². The minimum absolute atomic E-state index is 0.133. The molecular weight excluding hydrogens is 310 g/mol. The number of likely N-dealkylation sites (tertiary alicyclic amines) is 1. The van der Waals surface area contributed by atoms with Gasteiger partial charge in [0.2, 0.25) is 11.8 Å². The number of carbonyl (C=O) groups is 2. The molecule has 3 heterocycles. The first kappa shape index (κ1) is 16.9. The second-order valence-corrected chi connectivity index (χ2v) is 7.99. The number of aromatic nitrogens is 2. The Morgan fingerprint density at radius 1 is 1.29 bits per heavy atom. The van der Waals surface area contributed by atoms with Gasteiger partial charge in [0.1, 0.15) is 5.54 Å². The van der Waals surface area contributed by atoms with Gasteiger partial charge in [0.25, 0.3) is 5.91 Å². The van der Waals surface area contributed by atoms with E-state index in [0.29, 0.717) is 37.8 Å². The molecule has 24 heavy (non-hydrogen) atoms. The van der Waals surface area contributed by atoms with Crippen molar-refractivity contribution in [2.45, 2.75) is 64.6 Å². The van der Waals surface area contributed by atoms with Crippen molar-refractivity contribution >= 4 is 11.9 Å². The molecule has 3 rings (SSSR count). The maximum Gasteiger partial charge on any atom is 0.325 e. The highest BCUT2D eigenvalue weighted by Gasteiger charge is 2.55. The predicted molar refractivity (Wildman–Crippen MR) is 86.1 cm³/mol. The van der Waals surface area contributed by atoms with Crippen LogP contribution >= 0.6 is 0 Å². The summed E-state index contributed by atoms with van der Waals surface area (Å²) in [5.74, 6) is 1.00. The van der Waals surface area contributed by atoms with Gasteiger partial charge in [0.15, 0.2) is 0 Å². The molecule has 1 N–H and O–H groups in total. The number of carbonyl (C=O) groups excluding carboxylic acids is 2. The Labute approximate surface area is 141 Å². The molecule has 2 aliphatic heterocycles. The topological polar surface area (TPSA) is 91.6 Å². The van der Waals surface area contributed by atoms with Gasteiger partial charge < -0.3 is 9.73 Å². The fraction of sp³-hybridized carbons (Fsp3) is 0.750. The average molecular weight is 335 g/mol. The molecule has 0 aromatic carbocycles. The lowest BCUT2D eigenvalue weighted by molar-refractivity contribution is -0.132. The monoisotopic (exact) mass is 335 g/mol. The fourth-order valence-electron chi connectivity index (χ4n) is 3.22. The van der Waals surface area contributed by atoms with Gasteiger partial charge in [-0.05, 0) is 20.3 Å². The summed E-state index contributed by atoms with van der Waals surface area (Å²) in [6.45, 7) is 11.4. The van der Waals surface area contributed by atoms with Gasteiger partial charge in [-0.1, -0.05) is 20.8 Å². The van der Waals surface area contributed by atoms with E-state index in [2.05, 4.69) is 20.4 Å². The molecule has 0 radical (unpaired) electrons. The van der Waals surface area contributed by atoms with E-state index in [-0.39, 0.29) is 23.4 Å². The molecule has 3 amide bonds. The van der Waals surface area contributed by atoms with Gasteiger partial charge >= 0.3 is 6.03 Å². The highest BCUT2D eigenvalue weighted by molar-refractivity contribution is 6.07. The number of nitrogens with zero attached hydrogens (tertiary/aromatic N) is 4. The molecule has 1 aromatic heterocycles. The standard InChI is InChI=1S/C16H25N5O3/c1-10(2)21-13(22)16(17-14(21)23)6-7-20(9-16)8-11-18-19-12(24-11)15(3,4)5/h10H,6-9H2,1-5H3,(H,17,23). The minimum Gasteiger partial charge on any atom is -0.423 e. The lowest BCUT2D eigenvalue weighted by atomic mass is 9.97. The molecule has 132 valence electrons. The summed E-state index contributed by atoms with van der Waals surface area (Å²) in [5, 5.41) is 11.1. The Morgan fingerprint density at radius 2 is 2.00 bits per heavy atom. The van der Waals surface area contributed by atoms with Crippen LogP contribution in [0.4, 0.5) is 4.79 Å². The first-order valence-electron chi connectivity index (χ1n) is 8.33. The van der Waals surface area contributed by atoms with E-state index in [1.807, 2.05) is 34.6 Å². The zero-order valence-corrected chi connectivity index (χ0v) is 14.9. The van der Waals surface area contributed by atoms with Crippen molar-refractivity contribution in [3.63, 3.8) is 0 Å². The third-order valence-corrected chi connectivity index (χ3v) is 4.53. The van der Waals surface area contributed by atoms with Crippen molar-refractivity contribution in [2.24, 2.45) is 0 Å². The van der Waals surface area contributed by atoms with Gasteiger partial charge in [-0.15, -0.1) is 10.2 Å². The van der Waals surface area contributed by atoms with E-state index >= 15 is 0 Å². The zero-order valence-electron chi connectivity index (χ0n) is 14.9. The number of rotatable bonds is 3. The van der Waals surface area contributed by atoms with Gasteiger partial charge in [0, 0.05) is 24.5 Å². The number of amides is 3. The SMILES string of the molecule is CC(C)N1C(=O)NC2(CCN(Cc3nnc(C(C)(C)C)o3)C2)C1=O. The maximum absolute atomic E-state index is 12.7. The summed E-state index contributed by atoms with van der Waals surface area (Å²) in [6, 6.07) is -0.444. The molecule has 1 unspecified atom stereocenters. The number of hydrogen-bond acceptors (Lipinski definition) is 6. The van der Waals surface area contributed by atoms with Crippen LogP contribution in [-0.2, 0) is 16.8 Å². The molecule has 1 atom stereocenters. The van der Waals surface area contributed by atoms with E-state index in [0.717, 1.165) is 0 Å². The van der Waals surface area contributed by atoms with Crippen LogP contribution in [0.2, 0.25) is 0 Å². The maximum atomic E-state index is 12.7. The van der Waals surface area contributed by atoms with E-state index in [9.17, 15) is 9.59 Å². The van der Waals surface area contributed by atoms with Gasteiger partial charge in [0.05, 0.1) is 6.54 Å². The summed E-state index contributed by atoms with van der Waals surface area (Å²) >= 11 is 0. The van der Waals surface area contributed by atoms with Gasteiger partial charge in [-0.25, -0.2) is 4.79 Å². The molecule has 2 saturated heterocycles. The van der Waals surface area contributed by atoms with Crippen molar-refractivity contribution in [1.82, 2.24) is 25.3 Å². The van der Waals surface area contributed by atoms with E-state index in [1.165, 1.54) is 4.90 Å². The van der Waals surface area contributed by atoms with Crippen molar-refractivity contribution in [3.05, 3.63) is 11.8 Å². The molecule has 0 saturated carbocycles. The summed E-state index contributed by atoms with van der Waals surface area (Å²) in [4.78, 5) is 28.2. The van der Waals surface area contributed by atoms with Crippen molar-refractivity contribution < 1.29 is 14.0 Å². The molecule has 2 fully saturated rings. The normalized spacial score (nSPS) is 25.3. The summed E-state index contributed by atoms with van der Waals surface area (Å²) < 4.78 is 5.72. The molecule has 8 nitrogen and oxygen atoms in total. The van der Waals surface area contributed by atoms with Crippen LogP contribution < -0.4 is 5.32 Å². The molecule has 1 aromatic rings. The van der Waals surface area contributed by atoms with Crippen molar-refractivity contribution in [2.75, 3.05) is 13.1 Å². The molecule has 0 aliphatic carbocycles. The fourth-order valence-corrected chi connectivity index (χ4v) is 3.22. The average Bonchev–Trinajstić information content (AvgIpc) is 3.11. The summed E-state index contributed by atoms with van der Waals surface area (Å²) in [5.41, 5.74) is -1.00. The van der Waals surface area contributed by atoms with E-state index < -0.39 is 5.54 Å². The van der Waals surface area contributed by atoms with Crippen LogP contribution in [0.3, 0.4) is 0 Å². The third kappa shape index (κ3) is 2.79. The second-order valence-electron chi connectivity index (χ2n) is 7.99. The van der Waals surface area contributed by atoms with Gasteiger partial charge in [-0.2, -0.15) is 0 Å². The minimum atomic E-state index is -0.811. The van der Waals surface area contributed by atoms with Crippen LogP contribution in [-0.4, -0.2) is 56.6 Å².